The summed E-state index contributed by atoms with van der Waals surface area (Å²) in [6.07, 6.45) is -0.847. The van der Waals surface area contributed by atoms with Gasteiger partial charge in [0.1, 0.15) is 5.75 Å². The molecule has 1 unspecified atom stereocenters. The van der Waals surface area contributed by atoms with Gasteiger partial charge in [0.25, 0.3) is 11.8 Å². The number of ether oxygens (including phenoxy) is 1. The van der Waals surface area contributed by atoms with Crippen molar-refractivity contribution >= 4 is 29.1 Å². The van der Waals surface area contributed by atoms with E-state index in [1.165, 1.54) is 4.90 Å². The molecule has 0 aliphatic rings. The standard InChI is InChI=1S/C23H21ClN2O3/c1-26(2)23(28)19-14-13-17(15-20(19)24)25-22(27)21(16-9-5-3-6-10-16)29-18-11-7-4-8-12-18/h3-15,21H,1-2H3,(H,25,27). The fraction of sp³-hybridized carbons (Fsp3) is 0.130. The van der Waals surface area contributed by atoms with Crippen molar-refractivity contribution in [3.63, 3.8) is 0 Å². The first-order chi connectivity index (χ1) is 14.0. The van der Waals surface area contributed by atoms with Crippen LogP contribution in [-0.4, -0.2) is 30.8 Å². The number of halogens is 1. The molecule has 2 amide bonds. The third-order valence-electron chi connectivity index (χ3n) is 4.21. The number of anilines is 1. The topological polar surface area (TPSA) is 58.6 Å². The van der Waals surface area contributed by atoms with Gasteiger partial charge in [0.15, 0.2) is 0 Å². The van der Waals surface area contributed by atoms with Crippen molar-refractivity contribution in [1.29, 1.82) is 0 Å². The molecule has 0 spiro atoms. The van der Waals surface area contributed by atoms with Crippen LogP contribution in [0.5, 0.6) is 5.75 Å². The highest BCUT2D eigenvalue weighted by Gasteiger charge is 2.23. The lowest BCUT2D eigenvalue weighted by Crippen LogP contribution is -2.26. The van der Waals surface area contributed by atoms with Crippen LogP contribution in [0.1, 0.15) is 22.0 Å². The van der Waals surface area contributed by atoms with Crippen molar-refractivity contribution in [3.8, 4) is 5.75 Å². The van der Waals surface area contributed by atoms with Gasteiger partial charge < -0.3 is 15.0 Å². The summed E-state index contributed by atoms with van der Waals surface area (Å²) >= 11 is 6.25. The van der Waals surface area contributed by atoms with E-state index in [-0.39, 0.29) is 16.8 Å². The Bertz CT molecular complexity index is 992. The van der Waals surface area contributed by atoms with Crippen LogP contribution < -0.4 is 10.1 Å². The second-order valence-electron chi connectivity index (χ2n) is 6.61. The molecule has 0 aromatic heterocycles. The molecule has 0 fully saturated rings. The summed E-state index contributed by atoms with van der Waals surface area (Å²) < 4.78 is 5.95. The largest absolute Gasteiger partial charge is 0.476 e. The van der Waals surface area contributed by atoms with Gasteiger partial charge >= 0.3 is 0 Å². The van der Waals surface area contributed by atoms with E-state index >= 15 is 0 Å². The summed E-state index contributed by atoms with van der Waals surface area (Å²) in [6, 6.07) is 23.2. The number of nitrogens with one attached hydrogen (secondary N) is 1. The Balaban J connectivity index is 1.83. The number of nitrogens with zero attached hydrogens (tertiary/aromatic N) is 1. The zero-order chi connectivity index (χ0) is 20.8. The monoisotopic (exact) mass is 408 g/mol. The lowest BCUT2D eigenvalue weighted by atomic mass is 10.1. The average Bonchev–Trinajstić information content (AvgIpc) is 2.73. The van der Waals surface area contributed by atoms with Gasteiger partial charge in [-0.25, -0.2) is 0 Å². The molecule has 3 rings (SSSR count). The Morgan fingerprint density at radius 3 is 2.14 bits per heavy atom. The first kappa shape index (κ1) is 20.4. The van der Waals surface area contributed by atoms with Crippen molar-refractivity contribution < 1.29 is 14.3 Å². The Morgan fingerprint density at radius 2 is 1.55 bits per heavy atom. The van der Waals surface area contributed by atoms with Gasteiger partial charge in [-0.2, -0.15) is 0 Å². The zero-order valence-corrected chi connectivity index (χ0v) is 16.9. The van der Waals surface area contributed by atoms with Crippen LogP contribution in [0.15, 0.2) is 78.9 Å². The number of hydrogen-bond donors (Lipinski definition) is 1. The molecule has 0 aliphatic heterocycles. The molecule has 5 nitrogen and oxygen atoms in total. The molecular formula is C23H21ClN2O3. The molecule has 3 aromatic carbocycles. The zero-order valence-electron chi connectivity index (χ0n) is 16.1. The summed E-state index contributed by atoms with van der Waals surface area (Å²) in [5.74, 6) is 0.0340. The van der Waals surface area contributed by atoms with E-state index in [1.54, 1.807) is 44.4 Å². The van der Waals surface area contributed by atoms with Crippen molar-refractivity contribution in [2.45, 2.75) is 6.10 Å². The van der Waals surface area contributed by atoms with E-state index in [4.69, 9.17) is 16.3 Å². The average molecular weight is 409 g/mol. The molecule has 29 heavy (non-hydrogen) atoms. The number of carbonyl (C=O) groups is 2. The van der Waals surface area contributed by atoms with Gasteiger partial charge in [0.2, 0.25) is 6.10 Å². The SMILES string of the molecule is CN(C)C(=O)c1ccc(NC(=O)C(Oc2ccccc2)c2ccccc2)cc1Cl. The Hall–Kier alpha value is -3.31. The molecule has 0 saturated heterocycles. The van der Waals surface area contributed by atoms with Crippen molar-refractivity contribution in [2.75, 3.05) is 19.4 Å². The van der Waals surface area contributed by atoms with Gasteiger partial charge in [-0.1, -0.05) is 60.1 Å². The Labute approximate surface area is 174 Å². The van der Waals surface area contributed by atoms with Crippen LogP contribution in [-0.2, 0) is 4.79 Å². The normalized spacial score (nSPS) is 11.4. The summed E-state index contributed by atoms with van der Waals surface area (Å²) in [4.78, 5) is 26.6. The van der Waals surface area contributed by atoms with Crippen LogP contribution in [0, 0.1) is 0 Å². The van der Waals surface area contributed by atoms with Gasteiger partial charge in [0.05, 0.1) is 10.6 Å². The summed E-state index contributed by atoms with van der Waals surface area (Å²) in [7, 11) is 3.31. The molecule has 1 atom stereocenters. The molecular weight excluding hydrogens is 388 g/mol. The summed E-state index contributed by atoms with van der Waals surface area (Å²) in [6.45, 7) is 0. The molecule has 1 N–H and O–H groups in total. The van der Waals surface area contributed by atoms with E-state index in [0.717, 1.165) is 5.56 Å². The molecule has 0 saturated carbocycles. The molecule has 0 heterocycles. The number of amides is 2. The second kappa shape index (κ2) is 9.26. The second-order valence-corrected chi connectivity index (χ2v) is 7.01. The fourth-order valence-corrected chi connectivity index (χ4v) is 3.01. The molecule has 148 valence electrons. The van der Waals surface area contributed by atoms with Gasteiger partial charge in [0, 0.05) is 25.3 Å². The molecule has 0 bridgehead atoms. The molecule has 0 radical (unpaired) electrons. The molecule has 6 heteroatoms. The van der Waals surface area contributed by atoms with Crippen molar-refractivity contribution in [3.05, 3.63) is 95.0 Å². The third kappa shape index (κ3) is 5.15. The minimum Gasteiger partial charge on any atom is -0.476 e. The predicted molar refractivity (Wildman–Crippen MR) is 114 cm³/mol. The summed E-state index contributed by atoms with van der Waals surface area (Å²) in [5.41, 5.74) is 1.57. The van der Waals surface area contributed by atoms with Crippen LogP contribution in [0.4, 0.5) is 5.69 Å². The van der Waals surface area contributed by atoms with E-state index in [2.05, 4.69) is 5.32 Å². The van der Waals surface area contributed by atoms with Crippen molar-refractivity contribution in [2.24, 2.45) is 0 Å². The van der Waals surface area contributed by atoms with Crippen LogP contribution in [0.2, 0.25) is 5.02 Å². The van der Waals surface area contributed by atoms with Crippen molar-refractivity contribution in [1.82, 2.24) is 4.90 Å². The van der Waals surface area contributed by atoms with E-state index in [9.17, 15) is 9.59 Å². The van der Waals surface area contributed by atoms with E-state index < -0.39 is 6.10 Å². The highest BCUT2D eigenvalue weighted by molar-refractivity contribution is 6.34. The highest BCUT2D eigenvalue weighted by Crippen LogP contribution is 2.26. The smallest absolute Gasteiger partial charge is 0.270 e. The van der Waals surface area contributed by atoms with E-state index in [1.807, 2.05) is 48.5 Å². The maximum Gasteiger partial charge on any atom is 0.270 e. The fourth-order valence-electron chi connectivity index (χ4n) is 2.75. The van der Waals surface area contributed by atoms with Crippen LogP contribution in [0.3, 0.4) is 0 Å². The lowest BCUT2D eigenvalue weighted by molar-refractivity contribution is -0.123. The van der Waals surface area contributed by atoms with Gasteiger partial charge in [-0.3, -0.25) is 9.59 Å². The first-order valence-corrected chi connectivity index (χ1v) is 9.42. The number of rotatable bonds is 6. The summed E-state index contributed by atoms with van der Waals surface area (Å²) in [5, 5.41) is 3.09. The maximum absolute atomic E-state index is 13.0. The van der Waals surface area contributed by atoms with Gasteiger partial charge in [-0.05, 0) is 30.3 Å². The lowest BCUT2D eigenvalue weighted by Gasteiger charge is -2.19. The third-order valence-corrected chi connectivity index (χ3v) is 4.52. The number of hydrogen-bond acceptors (Lipinski definition) is 3. The van der Waals surface area contributed by atoms with Crippen LogP contribution in [0.25, 0.3) is 0 Å². The number of para-hydroxylation sites is 1. The first-order valence-electron chi connectivity index (χ1n) is 9.04. The number of carbonyl (C=O) groups excluding carboxylic acids is 2. The molecule has 0 aliphatic carbocycles. The predicted octanol–water partition coefficient (Wildman–Crippen LogP) is 4.80. The number of benzene rings is 3. The van der Waals surface area contributed by atoms with Crippen LogP contribution >= 0.6 is 11.6 Å². The Kier molecular flexibility index (Phi) is 6.52. The highest BCUT2D eigenvalue weighted by atomic mass is 35.5. The maximum atomic E-state index is 13.0. The Morgan fingerprint density at radius 1 is 0.931 bits per heavy atom. The van der Waals surface area contributed by atoms with Gasteiger partial charge in [-0.15, -0.1) is 0 Å². The molecule has 3 aromatic rings. The quantitative estimate of drug-likeness (QED) is 0.637. The minimum atomic E-state index is -0.847. The van der Waals surface area contributed by atoms with E-state index in [0.29, 0.717) is 17.0 Å². The minimum absolute atomic E-state index is 0.206.